The zero-order valence-corrected chi connectivity index (χ0v) is 14.4. The van der Waals surface area contributed by atoms with Gasteiger partial charge in [0.15, 0.2) is 6.10 Å². The van der Waals surface area contributed by atoms with Crippen molar-refractivity contribution in [3.05, 3.63) is 71.5 Å². The molecule has 0 unspecified atom stereocenters. The fourth-order valence-electron chi connectivity index (χ4n) is 2.36. The second-order valence-corrected chi connectivity index (χ2v) is 5.96. The lowest BCUT2D eigenvalue weighted by Crippen LogP contribution is -2.41. The van der Waals surface area contributed by atoms with Crippen LogP contribution >= 0.6 is 0 Å². The molecule has 2 aromatic rings. The summed E-state index contributed by atoms with van der Waals surface area (Å²) in [7, 11) is 0. The van der Waals surface area contributed by atoms with Crippen LogP contribution in [0.25, 0.3) is 0 Å². The zero-order chi connectivity index (χ0) is 18.2. The third kappa shape index (κ3) is 5.71. The third-order valence-corrected chi connectivity index (χ3v) is 3.84. The zero-order valence-electron chi connectivity index (χ0n) is 14.4. The van der Waals surface area contributed by atoms with Crippen molar-refractivity contribution in [2.75, 3.05) is 0 Å². The van der Waals surface area contributed by atoms with E-state index in [2.05, 4.69) is 5.32 Å². The molecule has 2 atom stereocenters. The highest BCUT2D eigenvalue weighted by atomic mass is 19.1. The van der Waals surface area contributed by atoms with Crippen LogP contribution in [0, 0.1) is 5.82 Å². The van der Waals surface area contributed by atoms with Gasteiger partial charge in [-0.15, -0.1) is 0 Å². The highest BCUT2D eigenvalue weighted by Gasteiger charge is 2.21. The lowest BCUT2D eigenvalue weighted by molar-refractivity contribution is -0.129. The van der Waals surface area contributed by atoms with Crippen LogP contribution in [0.3, 0.4) is 0 Å². The molecule has 0 saturated heterocycles. The molecule has 0 aliphatic carbocycles. The molecule has 0 aliphatic heterocycles. The molecule has 4 nitrogen and oxygen atoms in total. The lowest BCUT2D eigenvalue weighted by atomic mass is 10.1. The number of hydrogen-bond donors (Lipinski definition) is 1. The van der Waals surface area contributed by atoms with Gasteiger partial charge in [0.2, 0.25) is 0 Å². The summed E-state index contributed by atoms with van der Waals surface area (Å²) < 4.78 is 18.6. The Kier molecular flexibility index (Phi) is 6.69. The van der Waals surface area contributed by atoms with Crippen molar-refractivity contribution in [2.24, 2.45) is 0 Å². The molecule has 0 aromatic heterocycles. The number of amides is 1. The normalized spacial score (nSPS) is 12.9. The van der Waals surface area contributed by atoms with E-state index in [0.29, 0.717) is 0 Å². The summed E-state index contributed by atoms with van der Waals surface area (Å²) in [5.41, 5.74) is 1.02. The molecule has 25 heavy (non-hydrogen) atoms. The van der Waals surface area contributed by atoms with Crippen LogP contribution in [0.1, 0.15) is 36.2 Å². The number of ether oxygens (including phenoxy) is 1. The Hall–Kier alpha value is -2.69. The van der Waals surface area contributed by atoms with Crippen molar-refractivity contribution < 1.29 is 18.7 Å². The van der Waals surface area contributed by atoms with E-state index in [1.165, 1.54) is 36.8 Å². The van der Waals surface area contributed by atoms with E-state index < -0.39 is 23.8 Å². The van der Waals surface area contributed by atoms with Gasteiger partial charge in [-0.3, -0.25) is 4.79 Å². The third-order valence-electron chi connectivity index (χ3n) is 3.84. The maximum atomic E-state index is 13.6. The first kappa shape index (κ1) is 18.6. The number of halogens is 1. The van der Waals surface area contributed by atoms with Gasteiger partial charge < -0.3 is 10.1 Å². The first-order valence-electron chi connectivity index (χ1n) is 8.27. The van der Waals surface area contributed by atoms with Gasteiger partial charge in [0.1, 0.15) is 5.82 Å². The molecule has 5 heteroatoms. The SMILES string of the molecule is C[C@H](CCc1ccccc1)NC(=O)[C@H](C)OC(=O)c1ccccc1F. The Morgan fingerprint density at radius 1 is 1.04 bits per heavy atom. The molecular weight excluding hydrogens is 321 g/mol. The Labute approximate surface area is 147 Å². The largest absolute Gasteiger partial charge is 0.449 e. The maximum absolute atomic E-state index is 13.6. The van der Waals surface area contributed by atoms with Crippen LogP contribution in [0.5, 0.6) is 0 Å². The summed E-state index contributed by atoms with van der Waals surface area (Å²) in [6, 6.07) is 15.4. The van der Waals surface area contributed by atoms with E-state index in [-0.39, 0.29) is 11.6 Å². The molecule has 132 valence electrons. The van der Waals surface area contributed by atoms with Gasteiger partial charge in [0.05, 0.1) is 5.56 Å². The molecule has 0 spiro atoms. The summed E-state index contributed by atoms with van der Waals surface area (Å²) >= 11 is 0. The molecule has 0 fully saturated rings. The number of rotatable bonds is 7. The number of carbonyl (C=O) groups excluding carboxylic acids is 2. The number of carbonyl (C=O) groups is 2. The van der Waals surface area contributed by atoms with E-state index in [1.807, 2.05) is 37.3 Å². The van der Waals surface area contributed by atoms with Gasteiger partial charge in [-0.1, -0.05) is 42.5 Å². The van der Waals surface area contributed by atoms with Crippen LogP contribution in [0.15, 0.2) is 54.6 Å². The van der Waals surface area contributed by atoms with Crippen LogP contribution in [-0.2, 0) is 16.0 Å². The van der Waals surface area contributed by atoms with Gasteiger partial charge in [0, 0.05) is 6.04 Å². The number of hydrogen-bond acceptors (Lipinski definition) is 3. The number of benzene rings is 2. The standard InChI is InChI=1S/C20H22FNO3/c1-14(12-13-16-8-4-3-5-9-16)22-19(23)15(2)25-20(24)17-10-6-7-11-18(17)21/h3-11,14-15H,12-13H2,1-2H3,(H,22,23)/t14-,15+/m1/s1. The minimum atomic E-state index is -0.994. The number of esters is 1. The van der Waals surface area contributed by atoms with Gasteiger partial charge in [0.25, 0.3) is 5.91 Å². The Bertz CT molecular complexity index is 718. The van der Waals surface area contributed by atoms with Crippen molar-refractivity contribution in [3.63, 3.8) is 0 Å². The van der Waals surface area contributed by atoms with Gasteiger partial charge in [-0.25, -0.2) is 9.18 Å². The van der Waals surface area contributed by atoms with Gasteiger partial charge >= 0.3 is 5.97 Å². The van der Waals surface area contributed by atoms with Gasteiger partial charge in [-0.2, -0.15) is 0 Å². The van der Waals surface area contributed by atoms with Crippen molar-refractivity contribution in [1.82, 2.24) is 5.32 Å². The van der Waals surface area contributed by atoms with E-state index in [1.54, 1.807) is 0 Å². The highest BCUT2D eigenvalue weighted by molar-refractivity contribution is 5.92. The second kappa shape index (κ2) is 8.97. The predicted octanol–water partition coefficient (Wildman–Crippen LogP) is 3.51. The quantitative estimate of drug-likeness (QED) is 0.783. The minimum Gasteiger partial charge on any atom is -0.449 e. The fourth-order valence-corrected chi connectivity index (χ4v) is 2.36. The Morgan fingerprint density at radius 2 is 1.68 bits per heavy atom. The molecule has 1 amide bonds. The van der Waals surface area contributed by atoms with E-state index in [9.17, 15) is 14.0 Å². The maximum Gasteiger partial charge on any atom is 0.341 e. The van der Waals surface area contributed by atoms with Crippen molar-refractivity contribution in [2.45, 2.75) is 38.8 Å². The monoisotopic (exact) mass is 343 g/mol. The van der Waals surface area contributed by atoms with Gasteiger partial charge in [-0.05, 0) is 44.4 Å². The van der Waals surface area contributed by atoms with Crippen LogP contribution in [0.4, 0.5) is 4.39 Å². The molecule has 0 aliphatic rings. The van der Waals surface area contributed by atoms with Crippen molar-refractivity contribution in [1.29, 1.82) is 0 Å². The topological polar surface area (TPSA) is 55.4 Å². The molecule has 0 saturated carbocycles. The fraction of sp³-hybridized carbons (Fsp3) is 0.300. The number of aryl methyl sites for hydroxylation is 1. The predicted molar refractivity (Wildman–Crippen MR) is 93.6 cm³/mol. The summed E-state index contributed by atoms with van der Waals surface area (Å²) in [5.74, 6) is -1.92. The smallest absolute Gasteiger partial charge is 0.341 e. The molecule has 2 rings (SSSR count). The van der Waals surface area contributed by atoms with E-state index in [0.717, 1.165) is 12.8 Å². The Balaban J connectivity index is 1.81. The Morgan fingerprint density at radius 3 is 2.36 bits per heavy atom. The molecule has 0 heterocycles. The molecular formula is C20H22FNO3. The van der Waals surface area contributed by atoms with E-state index >= 15 is 0 Å². The van der Waals surface area contributed by atoms with Crippen LogP contribution in [0.2, 0.25) is 0 Å². The molecule has 1 N–H and O–H groups in total. The summed E-state index contributed by atoms with van der Waals surface area (Å²) in [4.78, 5) is 24.1. The number of nitrogens with one attached hydrogen (secondary N) is 1. The average Bonchev–Trinajstić information content (AvgIpc) is 2.61. The first-order valence-corrected chi connectivity index (χ1v) is 8.27. The highest BCUT2D eigenvalue weighted by Crippen LogP contribution is 2.10. The second-order valence-electron chi connectivity index (χ2n) is 5.96. The summed E-state index contributed by atoms with van der Waals surface area (Å²) in [5, 5.41) is 2.81. The summed E-state index contributed by atoms with van der Waals surface area (Å²) in [6.45, 7) is 3.37. The van der Waals surface area contributed by atoms with E-state index in [4.69, 9.17) is 4.74 Å². The molecule has 0 radical (unpaired) electrons. The lowest BCUT2D eigenvalue weighted by Gasteiger charge is -2.18. The van der Waals surface area contributed by atoms with Crippen LogP contribution < -0.4 is 5.32 Å². The van der Waals surface area contributed by atoms with Crippen LogP contribution in [-0.4, -0.2) is 24.0 Å². The first-order chi connectivity index (χ1) is 12.0. The molecule has 0 bridgehead atoms. The summed E-state index contributed by atoms with van der Waals surface area (Å²) in [6.07, 6.45) is 0.612. The minimum absolute atomic E-state index is 0.0673. The van der Waals surface area contributed by atoms with Crippen molar-refractivity contribution in [3.8, 4) is 0 Å². The van der Waals surface area contributed by atoms with Crippen molar-refractivity contribution >= 4 is 11.9 Å². The molecule has 2 aromatic carbocycles. The average molecular weight is 343 g/mol.